The molecule has 3 N–H and O–H groups in total. The highest BCUT2D eigenvalue weighted by atomic mass is 32.2. The van der Waals surface area contributed by atoms with Crippen molar-refractivity contribution in [2.45, 2.75) is 11.5 Å². The molecule has 6 heteroatoms. The summed E-state index contributed by atoms with van der Waals surface area (Å²) in [5, 5.41) is 0. The lowest BCUT2D eigenvalue weighted by Gasteiger charge is -2.08. The molecule has 0 unspecified atom stereocenters. The van der Waals surface area contributed by atoms with Gasteiger partial charge in [0.25, 0.3) is 5.91 Å². The topological polar surface area (TPSA) is 64.3 Å². The van der Waals surface area contributed by atoms with Crippen LogP contribution in [0.3, 0.4) is 0 Å². The van der Waals surface area contributed by atoms with Gasteiger partial charge in [-0.25, -0.2) is 5.84 Å². The van der Waals surface area contributed by atoms with E-state index in [1.807, 2.05) is 36.6 Å². The summed E-state index contributed by atoms with van der Waals surface area (Å²) < 4.78 is 5.77. The first kappa shape index (κ1) is 13.9. The Hall–Kier alpha value is -1.50. The third-order valence-corrected chi connectivity index (χ3v) is 4.29. The number of nitrogen functional groups attached to an aromatic ring is 1. The number of thioether (sulfide) groups is 1. The Kier molecular flexibility index (Phi) is 4.84. The SMILES string of the molecule is CSc1ccccc1OCc1ccc(C(=O)NN)s1. The zero-order valence-electron chi connectivity index (χ0n) is 10.4. The number of rotatable bonds is 5. The lowest BCUT2D eigenvalue weighted by atomic mass is 10.3. The van der Waals surface area contributed by atoms with E-state index in [0.29, 0.717) is 11.5 Å². The van der Waals surface area contributed by atoms with Crippen LogP contribution in [0.15, 0.2) is 41.3 Å². The Labute approximate surface area is 119 Å². The highest BCUT2D eigenvalue weighted by Gasteiger charge is 2.08. The average Bonchev–Trinajstić information content (AvgIpc) is 2.93. The third kappa shape index (κ3) is 3.50. The second-order valence-electron chi connectivity index (χ2n) is 3.68. The number of carbonyl (C=O) groups is 1. The van der Waals surface area contributed by atoms with E-state index >= 15 is 0 Å². The van der Waals surface area contributed by atoms with Crippen LogP contribution in [0.5, 0.6) is 5.75 Å². The van der Waals surface area contributed by atoms with Crippen LogP contribution in [-0.4, -0.2) is 12.2 Å². The number of hydrogen-bond acceptors (Lipinski definition) is 5. The molecular formula is C13H14N2O2S2. The normalized spacial score (nSPS) is 10.2. The van der Waals surface area contributed by atoms with Gasteiger partial charge in [-0.1, -0.05) is 12.1 Å². The first-order chi connectivity index (χ1) is 9.24. The van der Waals surface area contributed by atoms with E-state index in [0.717, 1.165) is 15.5 Å². The molecule has 1 aromatic heterocycles. The highest BCUT2D eigenvalue weighted by molar-refractivity contribution is 7.98. The van der Waals surface area contributed by atoms with Crippen molar-refractivity contribution in [3.63, 3.8) is 0 Å². The average molecular weight is 294 g/mol. The van der Waals surface area contributed by atoms with Crippen LogP contribution >= 0.6 is 23.1 Å². The fourth-order valence-corrected chi connectivity index (χ4v) is 2.90. The molecule has 100 valence electrons. The van der Waals surface area contributed by atoms with Gasteiger partial charge in [0, 0.05) is 9.77 Å². The van der Waals surface area contributed by atoms with Crippen LogP contribution in [0.4, 0.5) is 0 Å². The molecule has 2 aromatic rings. The van der Waals surface area contributed by atoms with E-state index in [2.05, 4.69) is 5.43 Å². The molecule has 0 aliphatic carbocycles. The number of carbonyl (C=O) groups excluding carboxylic acids is 1. The summed E-state index contributed by atoms with van der Waals surface area (Å²) in [6.45, 7) is 0.445. The van der Waals surface area contributed by atoms with Gasteiger partial charge in [-0.3, -0.25) is 10.2 Å². The van der Waals surface area contributed by atoms with Crippen molar-refractivity contribution >= 4 is 29.0 Å². The van der Waals surface area contributed by atoms with E-state index in [-0.39, 0.29) is 5.91 Å². The molecule has 0 radical (unpaired) electrons. The van der Waals surface area contributed by atoms with Crippen molar-refractivity contribution < 1.29 is 9.53 Å². The summed E-state index contributed by atoms with van der Waals surface area (Å²) in [5.74, 6) is 5.67. The molecule has 0 aliphatic rings. The minimum Gasteiger partial charge on any atom is -0.487 e. The van der Waals surface area contributed by atoms with Crippen molar-refractivity contribution in [2.24, 2.45) is 5.84 Å². The monoisotopic (exact) mass is 294 g/mol. The predicted molar refractivity (Wildman–Crippen MR) is 78.5 cm³/mol. The summed E-state index contributed by atoms with van der Waals surface area (Å²) in [5.41, 5.74) is 2.11. The minimum atomic E-state index is -0.277. The van der Waals surface area contributed by atoms with E-state index in [1.54, 1.807) is 17.8 Å². The minimum absolute atomic E-state index is 0.277. The molecule has 0 aliphatic heterocycles. The molecule has 0 fully saturated rings. The number of thiophene rings is 1. The second-order valence-corrected chi connectivity index (χ2v) is 5.70. The number of ether oxygens (including phenoxy) is 1. The number of nitrogens with two attached hydrogens (primary N) is 1. The van der Waals surface area contributed by atoms with E-state index in [4.69, 9.17) is 10.6 Å². The van der Waals surface area contributed by atoms with Crippen molar-refractivity contribution in [2.75, 3.05) is 6.26 Å². The Morgan fingerprint density at radius 1 is 1.37 bits per heavy atom. The summed E-state index contributed by atoms with van der Waals surface area (Å²) in [6, 6.07) is 11.5. The van der Waals surface area contributed by atoms with Gasteiger partial charge in [-0.2, -0.15) is 0 Å². The second kappa shape index (κ2) is 6.60. The molecule has 0 saturated carbocycles. The molecule has 1 amide bonds. The van der Waals surface area contributed by atoms with Gasteiger partial charge in [0.15, 0.2) is 0 Å². The van der Waals surface area contributed by atoms with Crippen molar-refractivity contribution in [1.29, 1.82) is 0 Å². The van der Waals surface area contributed by atoms with Gasteiger partial charge in [0.05, 0.1) is 4.88 Å². The zero-order valence-corrected chi connectivity index (χ0v) is 12.0. The van der Waals surface area contributed by atoms with Crippen molar-refractivity contribution in [3.05, 3.63) is 46.2 Å². The van der Waals surface area contributed by atoms with Gasteiger partial charge in [0.1, 0.15) is 12.4 Å². The lowest BCUT2D eigenvalue weighted by molar-refractivity contribution is 0.0957. The summed E-state index contributed by atoms with van der Waals surface area (Å²) in [7, 11) is 0. The number of hydrazine groups is 1. The van der Waals surface area contributed by atoms with Gasteiger partial charge >= 0.3 is 0 Å². The van der Waals surface area contributed by atoms with E-state index < -0.39 is 0 Å². The lowest BCUT2D eigenvalue weighted by Crippen LogP contribution is -2.29. The molecule has 4 nitrogen and oxygen atoms in total. The molecule has 0 saturated heterocycles. The Balaban J connectivity index is 2.02. The van der Waals surface area contributed by atoms with Crippen LogP contribution in [-0.2, 0) is 6.61 Å². The summed E-state index contributed by atoms with van der Waals surface area (Å²) in [6.07, 6.45) is 2.01. The Morgan fingerprint density at radius 2 is 2.16 bits per heavy atom. The fraction of sp³-hybridized carbons (Fsp3) is 0.154. The first-order valence-corrected chi connectivity index (χ1v) is 7.64. The number of para-hydroxylation sites is 1. The van der Waals surface area contributed by atoms with Crippen LogP contribution in [0.2, 0.25) is 0 Å². The molecule has 2 rings (SSSR count). The number of amides is 1. The molecule has 0 spiro atoms. The van der Waals surface area contributed by atoms with Crippen LogP contribution < -0.4 is 16.0 Å². The van der Waals surface area contributed by atoms with Crippen LogP contribution in [0.1, 0.15) is 14.5 Å². The Morgan fingerprint density at radius 3 is 2.89 bits per heavy atom. The molecule has 19 heavy (non-hydrogen) atoms. The molecule has 0 atom stereocenters. The van der Waals surface area contributed by atoms with Crippen molar-refractivity contribution in [3.8, 4) is 5.75 Å². The van der Waals surface area contributed by atoms with Crippen LogP contribution in [0, 0.1) is 0 Å². The predicted octanol–water partition coefficient (Wildman–Crippen LogP) is 2.65. The summed E-state index contributed by atoms with van der Waals surface area (Å²) >= 11 is 3.02. The first-order valence-electron chi connectivity index (χ1n) is 5.60. The molecular weight excluding hydrogens is 280 g/mol. The van der Waals surface area contributed by atoms with Gasteiger partial charge in [-0.15, -0.1) is 23.1 Å². The summed E-state index contributed by atoms with van der Waals surface area (Å²) in [4.78, 5) is 14.0. The Bertz CT molecular complexity index is 569. The van der Waals surface area contributed by atoms with E-state index in [1.165, 1.54) is 11.3 Å². The van der Waals surface area contributed by atoms with Gasteiger partial charge in [-0.05, 0) is 30.5 Å². The standard InChI is InChI=1S/C13H14N2O2S2/c1-18-11-5-3-2-4-10(11)17-8-9-6-7-12(19-9)13(16)15-14/h2-7H,8,14H2,1H3,(H,15,16). The van der Waals surface area contributed by atoms with Crippen LogP contribution in [0.25, 0.3) is 0 Å². The largest absolute Gasteiger partial charge is 0.487 e. The fourth-order valence-electron chi connectivity index (χ4n) is 1.54. The third-order valence-electron chi connectivity index (χ3n) is 2.46. The quantitative estimate of drug-likeness (QED) is 0.385. The van der Waals surface area contributed by atoms with Crippen molar-refractivity contribution in [1.82, 2.24) is 5.43 Å². The molecule has 0 bridgehead atoms. The van der Waals surface area contributed by atoms with Gasteiger partial charge in [0.2, 0.25) is 0 Å². The maximum absolute atomic E-state index is 11.3. The van der Waals surface area contributed by atoms with Gasteiger partial charge < -0.3 is 4.74 Å². The number of benzene rings is 1. The zero-order chi connectivity index (χ0) is 13.7. The number of hydrogen-bond donors (Lipinski definition) is 2. The van der Waals surface area contributed by atoms with E-state index in [9.17, 15) is 4.79 Å². The molecule has 1 heterocycles. The highest BCUT2D eigenvalue weighted by Crippen LogP contribution is 2.28. The smallest absolute Gasteiger partial charge is 0.275 e. The number of nitrogens with one attached hydrogen (secondary N) is 1. The maximum atomic E-state index is 11.3. The maximum Gasteiger partial charge on any atom is 0.275 e. The molecule has 1 aromatic carbocycles.